The van der Waals surface area contributed by atoms with E-state index >= 15 is 0 Å². The Bertz CT molecular complexity index is 167. The SMILES string of the molecule is C=C(C)C(=O)NOC(C)(C)C. The Hall–Kier alpha value is -0.830. The Morgan fingerprint density at radius 2 is 1.91 bits per heavy atom. The van der Waals surface area contributed by atoms with Crippen LogP contribution in [-0.2, 0) is 9.63 Å². The number of nitrogens with one attached hydrogen (secondary N) is 1. The molecule has 0 saturated carbocycles. The molecule has 3 heteroatoms. The number of hydroxylamine groups is 1. The van der Waals surface area contributed by atoms with Crippen LogP contribution in [0.1, 0.15) is 27.7 Å². The molecule has 0 bridgehead atoms. The summed E-state index contributed by atoms with van der Waals surface area (Å²) in [6, 6.07) is 0. The summed E-state index contributed by atoms with van der Waals surface area (Å²) in [5.74, 6) is -0.278. The molecular formula is C8H15NO2. The van der Waals surface area contributed by atoms with E-state index in [1.807, 2.05) is 20.8 Å². The normalized spacial score (nSPS) is 10.9. The van der Waals surface area contributed by atoms with Crippen molar-refractivity contribution in [3.05, 3.63) is 12.2 Å². The topological polar surface area (TPSA) is 38.3 Å². The first-order chi connectivity index (χ1) is 4.83. The molecule has 0 unspecified atom stereocenters. The quantitative estimate of drug-likeness (QED) is 0.486. The summed E-state index contributed by atoms with van der Waals surface area (Å²) in [4.78, 5) is 15.8. The van der Waals surface area contributed by atoms with E-state index in [9.17, 15) is 4.79 Å². The van der Waals surface area contributed by atoms with Gasteiger partial charge >= 0.3 is 0 Å². The minimum absolute atomic E-state index is 0.278. The summed E-state index contributed by atoms with van der Waals surface area (Å²) >= 11 is 0. The summed E-state index contributed by atoms with van der Waals surface area (Å²) < 4.78 is 0. The molecule has 0 aromatic carbocycles. The predicted octanol–water partition coefficient (Wildman–Crippen LogP) is 1.41. The van der Waals surface area contributed by atoms with Gasteiger partial charge in [0, 0.05) is 5.57 Å². The lowest BCUT2D eigenvalue weighted by Crippen LogP contribution is -2.33. The monoisotopic (exact) mass is 157 g/mol. The van der Waals surface area contributed by atoms with Crippen LogP contribution in [0.3, 0.4) is 0 Å². The van der Waals surface area contributed by atoms with Crippen LogP contribution >= 0.6 is 0 Å². The molecule has 0 atom stereocenters. The molecule has 0 heterocycles. The van der Waals surface area contributed by atoms with Crippen molar-refractivity contribution in [2.75, 3.05) is 0 Å². The third kappa shape index (κ3) is 5.61. The minimum atomic E-state index is -0.356. The van der Waals surface area contributed by atoms with Gasteiger partial charge in [-0.1, -0.05) is 6.58 Å². The zero-order valence-electron chi connectivity index (χ0n) is 7.52. The molecule has 0 fully saturated rings. The van der Waals surface area contributed by atoms with E-state index in [1.54, 1.807) is 6.92 Å². The molecule has 0 aliphatic heterocycles. The highest BCUT2D eigenvalue weighted by atomic mass is 16.7. The molecule has 64 valence electrons. The zero-order chi connectivity index (χ0) is 9.07. The highest BCUT2D eigenvalue weighted by Gasteiger charge is 2.12. The summed E-state index contributed by atoms with van der Waals surface area (Å²) in [5, 5.41) is 0. The van der Waals surface area contributed by atoms with E-state index in [4.69, 9.17) is 4.84 Å². The van der Waals surface area contributed by atoms with Gasteiger partial charge in [-0.15, -0.1) is 0 Å². The van der Waals surface area contributed by atoms with Crippen LogP contribution in [-0.4, -0.2) is 11.5 Å². The number of hydrogen-bond donors (Lipinski definition) is 1. The Labute approximate surface area is 67.4 Å². The molecule has 0 saturated heterocycles. The highest BCUT2D eigenvalue weighted by molar-refractivity contribution is 5.91. The van der Waals surface area contributed by atoms with E-state index in [1.165, 1.54) is 0 Å². The highest BCUT2D eigenvalue weighted by Crippen LogP contribution is 2.03. The number of amides is 1. The third-order valence-electron chi connectivity index (χ3n) is 0.838. The van der Waals surface area contributed by atoms with Crippen molar-refractivity contribution < 1.29 is 9.63 Å². The lowest BCUT2D eigenvalue weighted by Gasteiger charge is -2.18. The summed E-state index contributed by atoms with van der Waals surface area (Å²) in [6.07, 6.45) is 0. The van der Waals surface area contributed by atoms with Crippen molar-refractivity contribution in [3.8, 4) is 0 Å². The molecule has 1 N–H and O–H groups in total. The molecule has 0 aromatic rings. The third-order valence-corrected chi connectivity index (χ3v) is 0.838. The fraction of sp³-hybridized carbons (Fsp3) is 0.625. The molecule has 1 amide bonds. The average Bonchev–Trinajstić information content (AvgIpc) is 1.80. The lowest BCUT2D eigenvalue weighted by molar-refractivity contribution is -0.141. The van der Waals surface area contributed by atoms with E-state index in [2.05, 4.69) is 12.1 Å². The Morgan fingerprint density at radius 3 is 2.18 bits per heavy atom. The van der Waals surface area contributed by atoms with Gasteiger partial charge < -0.3 is 0 Å². The second kappa shape index (κ2) is 3.53. The molecule has 0 aromatic heterocycles. The van der Waals surface area contributed by atoms with Gasteiger partial charge in [-0.2, -0.15) is 0 Å². The maximum absolute atomic E-state index is 10.9. The van der Waals surface area contributed by atoms with Crippen molar-refractivity contribution in [2.45, 2.75) is 33.3 Å². The zero-order valence-corrected chi connectivity index (χ0v) is 7.52. The first-order valence-corrected chi connectivity index (χ1v) is 3.47. The molecule has 11 heavy (non-hydrogen) atoms. The van der Waals surface area contributed by atoms with E-state index in [0.717, 1.165) is 0 Å². The molecule has 0 radical (unpaired) electrons. The molecule has 3 nitrogen and oxygen atoms in total. The van der Waals surface area contributed by atoms with Gasteiger partial charge in [-0.25, -0.2) is 5.48 Å². The standard InChI is InChI=1S/C8H15NO2/c1-6(2)7(10)9-11-8(3,4)5/h1H2,2-5H3,(H,9,10). The second-order valence-electron chi connectivity index (χ2n) is 3.43. The van der Waals surface area contributed by atoms with Gasteiger partial charge in [0.25, 0.3) is 5.91 Å². The van der Waals surface area contributed by atoms with Crippen LogP contribution in [0.15, 0.2) is 12.2 Å². The maximum Gasteiger partial charge on any atom is 0.269 e. The average molecular weight is 157 g/mol. The van der Waals surface area contributed by atoms with Gasteiger partial charge in [0.15, 0.2) is 0 Å². The van der Waals surface area contributed by atoms with Gasteiger partial charge in [-0.05, 0) is 27.7 Å². The fourth-order valence-electron chi connectivity index (χ4n) is 0.287. The Morgan fingerprint density at radius 1 is 1.45 bits per heavy atom. The van der Waals surface area contributed by atoms with Crippen molar-refractivity contribution in [1.82, 2.24) is 5.48 Å². The number of rotatable bonds is 2. The van der Waals surface area contributed by atoms with Crippen molar-refractivity contribution in [1.29, 1.82) is 0 Å². The number of carbonyl (C=O) groups excluding carboxylic acids is 1. The minimum Gasteiger partial charge on any atom is -0.268 e. The largest absolute Gasteiger partial charge is 0.269 e. The first kappa shape index (κ1) is 10.2. The van der Waals surface area contributed by atoms with Crippen molar-refractivity contribution in [2.24, 2.45) is 0 Å². The summed E-state index contributed by atoms with van der Waals surface area (Å²) in [5.41, 5.74) is 2.37. The van der Waals surface area contributed by atoms with Crippen LogP contribution in [0, 0.1) is 0 Å². The summed E-state index contributed by atoms with van der Waals surface area (Å²) in [6.45, 7) is 10.6. The molecule has 0 spiro atoms. The van der Waals surface area contributed by atoms with Gasteiger partial charge in [0.1, 0.15) is 0 Å². The Balaban J connectivity index is 3.73. The smallest absolute Gasteiger partial charge is 0.268 e. The van der Waals surface area contributed by atoms with E-state index in [0.29, 0.717) is 5.57 Å². The predicted molar refractivity (Wildman–Crippen MR) is 43.8 cm³/mol. The van der Waals surface area contributed by atoms with Crippen LogP contribution in [0.5, 0.6) is 0 Å². The van der Waals surface area contributed by atoms with Gasteiger partial charge in [0.2, 0.25) is 0 Å². The van der Waals surface area contributed by atoms with Crippen LogP contribution in [0.4, 0.5) is 0 Å². The van der Waals surface area contributed by atoms with Gasteiger partial charge in [-0.3, -0.25) is 9.63 Å². The second-order valence-corrected chi connectivity index (χ2v) is 3.43. The fourth-order valence-corrected chi connectivity index (χ4v) is 0.287. The van der Waals surface area contributed by atoms with Crippen molar-refractivity contribution >= 4 is 5.91 Å². The Kier molecular flexibility index (Phi) is 3.26. The maximum atomic E-state index is 10.9. The van der Waals surface area contributed by atoms with Crippen LogP contribution in [0.25, 0.3) is 0 Å². The van der Waals surface area contributed by atoms with Gasteiger partial charge in [0.05, 0.1) is 5.60 Å². The van der Waals surface area contributed by atoms with Crippen molar-refractivity contribution in [3.63, 3.8) is 0 Å². The first-order valence-electron chi connectivity index (χ1n) is 3.47. The van der Waals surface area contributed by atoms with Crippen LogP contribution in [0.2, 0.25) is 0 Å². The molecule has 0 aliphatic carbocycles. The van der Waals surface area contributed by atoms with Crippen LogP contribution < -0.4 is 5.48 Å². The number of hydrogen-bond acceptors (Lipinski definition) is 2. The lowest BCUT2D eigenvalue weighted by atomic mass is 10.2. The molecular weight excluding hydrogens is 142 g/mol. The van der Waals surface area contributed by atoms with E-state index in [-0.39, 0.29) is 11.5 Å². The number of carbonyl (C=O) groups is 1. The molecule has 0 aliphatic rings. The summed E-state index contributed by atoms with van der Waals surface area (Å²) in [7, 11) is 0. The molecule has 0 rings (SSSR count). The van der Waals surface area contributed by atoms with E-state index < -0.39 is 0 Å².